The Labute approximate surface area is 215 Å². The summed E-state index contributed by atoms with van der Waals surface area (Å²) in [5, 5.41) is 0. The first-order valence-electron chi connectivity index (χ1n) is 15.8. The molecule has 0 radical (unpaired) electrons. The molecule has 0 amide bonds. The number of hydrogen-bond donors (Lipinski definition) is 0. The van der Waals surface area contributed by atoms with Crippen LogP contribution in [0, 0.1) is 5.41 Å². The highest BCUT2D eigenvalue weighted by molar-refractivity contribution is 5.76. The summed E-state index contributed by atoms with van der Waals surface area (Å²) in [4.78, 5) is 13.5. The minimum Gasteiger partial charge on any atom is -0.465 e. The molecule has 1 unspecified atom stereocenters. The molecule has 0 rings (SSSR count). The van der Waals surface area contributed by atoms with E-state index in [1.165, 1.54) is 135 Å². The quantitative estimate of drug-likeness (QED) is 0.0862. The molecule has 204 valence electrons. The van der Waals surface area contributed by atoms with Gasteiger partial charge in [-0.05, 0) is 25.7 Å². The van der Waals surface area contributed by atoms with Gasteiger partial charge in [0.05, 0.1) is 12.0 Å². The van der Waals surface area contributed by atoms with E-state index < -0.39 is 0 Å². The molecule has 0 aliphatic heterocycles. The molecule has 0 saturated heterocycles. The fourth-order valence-electron chi connectivity index (χ4n) is 5.26. The lowest BCUT2D eigenvalue weighted by Gasteiger charge is -2.32. The molecule has 2 nitrogen and oxygen atoms in total. The smallest absolute Gasteiger partial charge is 0.312 e. The zero-order valence-electron chi connectivity index (χ0n) is 24.2. The standard InChI is InChI=1S/C32H64O2/c1-5-9-13-17-19-20-22-25-29-32(27-23-15-11-7-3,28-24-21-18-14-10-6-2)31(33)34-30-26-16-12-8-4/h5-30H2,1-4H3. The topological polar surface area (TPSA) is 26.3 Å². The molecule has 0 heterocycles. The number of esters is 1. The normalized spacial score (nSPS) is 13.2. The van der Waals surface area contributed by atoms with Gasteiger partial charge in [-0.25, -0.2) is 0 Å². The van der Waals surface area contributed by atoms with E-state index in [1.807, 2.05) is 0 Å². The second-order valence-corrected chi connectivity index (χ2v) is 11.0. The van der Waals surface area contributed by atoms with Crippen molar-refractivity contribution in [3.8, 4) is 0 Å². The van der Waals surface area contributed by atoms with Gasteiger partial charge >= 0.3 is 5.97 Å². The lowest BCUT2D eigenvalue weighted by atomic mass is 9.74. The number of rotatable bonds is 27. The van der Waals surface area contributed by atoms with Gasteiger partial charge < -0.3 is 4.74 Å². The Bertz CT molecular complexity index is 419. The molecular formula is C32H64O2. The summed E-state index contributed by atoms with van der Waals surface area (Å²) in [5.41, 5.74) is -0.217. The van der Waals surface area contributed by atoms with Crippen LogP contribution in [0.25, 0.3) is 0 Å². The summed E-state index contributed by atoms with van der Waals surface area (Å²) in [6.45, 7) is 9.70. The third-order valence-corrected chi connectivity index (χ3v) is 7.69. The van der Waals surface area contributed by atoms with Crippen molar-refractivity contribution in [1.29, 1.82) is 0 Å². The second kappa shape index (κ2) is 25.6. The maximum atomic E-state index is 13.5. The average Bonchev–Trinajstić information content (AvgIpc) is 2.84. The fraction of sp³-hybridized carbons (Fsp3) is 0.969. The van der Waals surface area contributed by atoms with Crippen LogP contribution in [0.15, 0.2) is 0 Å². The van der Waals surface area contributed by atoms with Crippen LogP contribution in [0.4, 0.5) is 0 Å². The monoisotopic (exact) mass is 480 g/mol. The van der Waals surface area contributed by atoms with E-state index in [1.54, 1.807) is 0 Å². The van der Waals surface area contributed by atoms with Gasteiger partial charge in [0.25, 0.3) is 0 Å². The van der Waals surface area contributed by atoms with Crippen LogP contribution < -0.4 is 0 Å². The molecule has 0 aromatic carbocycles. The van der Waals surface area contributed by atoms with Gasteiger partial charge in [-0.2, -0.15) is 0 Å². The van der Waals surface area contributed by atoms with Crippen molar-refractivity contribution in [2.75, 3.05) is 6.61 Å². The van der Waals surface area contributed by atoms with E-state index in [-0.39, 0.29) is 11.4 Å². The lowest BCUT2D eigenvalue weighted by molar-refractivity contribution is -0.158. The van der Waals surface area contributed by atoms with Gasteiger partial charge in [-0.3, -0.25) is 4.79 Å². The Kier molecular flexibility index (Phi) is 25.2. The van der Waals surface area contributed by atoms with E-state index in [4.69, 9.17) is 4.74 Å². The van der Waals surface area contributed by atoms with Gasteiger partial charge in [0, 0.05) is 0 Å². The van der Waals surface area contributed by atoms with Crippen molar-refractivity contribution in [2.24, 2.45) is 5.41 Å². The highest BCUT2D eigenvalue weighted by atomic mass is 16.5. The molecule has 2 heteroatoms. The summed E-state index contributed by atoms with van der Waals surface area (Å²) >= 11 is 0. The first-order valence-corrected chi connectivity index (χ1v) is 15.8. The predicted octanol–water partition coefficient (Wildman–Crippen LogP) is 11.3. The average molecular weight is 481 g/mol. The Morgan fingerprint density at radius 1 is 0.441 bits per heavy atom. The van der Waals surface area contributed by atoms with Gasteiger partial charge in [0.2, 0.25) is 0 Å². The van der Waals surface area contributed by atoms with Crippen molar-refractivity contribution in [3.05, 3.63) is 0 Å². The summed E-state index contributed by atoms with van der Waals surface area (Å²) in [5.74, 6) is 0.150. The molecule has 0 aromatic heterocycles. The molecule has 0 spiro atoms. The number of hydrogen-bond acceptors (Lipinski definition) is 2. The minimum atomic E-state index is -0.217. The van der Waals surface area contributed by atoms with Crippen LogP contribution in [0.2, 0.25) is 0 Å². The summed E-state index contributed by atoms with van der Waals surface area (Å²) in [7, 11) is 0. The van der Waals surface area contributed by atoms with Gasteiger partial charge in [0.1, 0.15) is 0 Å². The fourth-order valence-corrected chi connectivity index (χ4v) is 5.26. The third kappa shape index (κ3) is 18.8. The molecule has 0 N–H and O–H groups in total. The Balaban J connectivity index is 4.90. The van der Waals surface area contributed by atoms with Crippen molar-refractivity contribution in [3.63, 3.8) is 0 Å². The summed E-state index contributed by atoms with van der Waals surface area (Å²) in [6.07, 6.45) is 31.3. The highest BCUT2D eigenvalue weighted by Gasteiger charge is 2.38. The van der Waals surface area contributed by atoms with E-state index >= 15 is 0 Å². The lowest BCUT2D eigenvalue weighted by Crippen LogP contribution is -2.34. The first kappa shape index (κ1) is 33.5. The molecule has 34 heavy (non-hydrogen) atoms. The Morgan fingerprint density at radius 3 is 1.12 bits per heavy atom. The molecule has 0 aliphatic carbocycles. The van der Waals surface area contributed by atoms with Crippen LogP contribution in [0.5, 0.6) is 0 Å². The molecule has 0 aromatic rings. The van der Waals surface area contributed by atoms with Crippen molar-refractivity contribution in [2.45, 2.75) is 188 Å². The zero-order chi connectivity index (χ0) is 25.2. The number of carbonyl (C=O) groups excluding carboxylic acids is 1. The van der Waals surface area contributed by atoms with Crippen LogP contribution in [-0.2, 0) is 9.53 Å². The van der Waals surface area contributed by atoms with Crippen molar-refractivity contribution >= 4 is 5.97 Å². The number of ether oxygens (including phenoxy) is 1. The summed E-state index contributed by atoms with van der Waals surface area (Å²) in [6, 6.07) is 0. The van der Waals surface area contributed by atoms with Crippen LogP contribution in [0.1, 0.15) is 188 Å². The number of carbonyl (C=O) groups is 1. The predicted molar refractivity (Wildman–Crippen MR) is 152 cm³/mol. The maximum Gasteiger partial charge on any atom is 0.312 e. The molecule has 0 bridgehead atoms. The van der Waals surface area contributed by atoms with Gasteiger partial charge in [-0.1, -0.05) is 163 Å². The largest absolute Gasteiger partial charge is 0.465 e. The van der Waals surface area contributed by atoms with E-state index in [0.717, 1.165) is 25.7 Å². The molecular weight excluding hydrogens is 416 g/mol. The van der Waals surface area contributed by atoms with Crippen LogP contribution in [-0.4, -0.2) is 12.6 Å². The third-order valence-electron chi connectivity index (χ3n) is 7.69. The van der Waals surface area contributed by atoms with Gasteiger partial charge in [-0.15, -0.1) is 0 Å². The SMILES string of the molecule is CCCCCCCCCCC(CCCCCC)(CCCCCCCC)C(=O)OCCCCCC. The summed E-state index contributed by atoms with van der Waals surface area (Å²) < 4.78 is 5.99. The van der Waals surface area contributed by atoms with Crippen LogP contribution in [0.3, 0.4) is 0 Å². The number of unbranched alkanes of at least 4 members (excludes halogenated alkanes) is 18. The van der Waals surface area contributed by atoms with Crippen molar-refractivity contribution in [1.82, 2.24) is 0 Å². The van der Waals surface area contributed by atoms with E-state index in [9.17, 15) is 4.79 Å². The highest BCUT2D eigenvalue weighted by Crippen LogP contribution is 2.39. The minimum absolute atomic E-state index is 0.150. The van der Waals surface area contributed by atoms with Crippen molar-refractivity contribution < 1.29 is 9.53 Å². The zero-order valence-corrected chi connectivity index (χ0v) is 24.2. The Morgan fingerprint density at radius 2 is 0.735 bits per heavy atom. The molecule has 1 atom stereocenters. The molecule has 0 saturated carbocycles. The van der Waals surface area contributed by atoms with E-state index in [2.05, 4.69) is 27.7 Å². The maximum absolute atomic E-state index is 13.5. The first-order chi connectivity index (χ1) is 16.7. The Hall–Kier alpha value is -0.530. The van der Waals surface area contributed by atoms with Gasteiger partial charge in [0.15, 0.2) is 0 Å². The van der Waals surface area contributed by atoms with E-state index in [0.29, 0.717) is 6.61 Å². The molecule has 0 fully saturated rings. The second-order valence-electron chi connectivity index (χ2n) is 11.0. The van der Waals surface area contributed by atoms with Crippen LogP contribution >= 0.6 is 0 Å². The molecule has 0 aliphatic rings.